The molecule has 0 aliphatic rings. The van der Waals surface area contributed by atoms with Crippen LogP contribution in [0.15, 0.2) is 30.4 Å². The van der Waals surface area contributed by atoms with E-state index in [2.05, 4.69) is 11.9 Å². The number of benzene rings is 1. The highest BCUT2D eigenvalue weighted by atomic mass is 16.5. The highest BCUT2D eigenvalue weighted by molar-refractivity contribution is 5.92. The molecule has 0 atom stereocenters. The lowest BCUT2D eigenvalue weighted by atomic mass is 10.3. The predicted molar refractivity (Wildman–Crippen MR) is 65.8 cm³/mol. The van der Waals surface area contributed by atoms with E-state index in [9.17, 15) is 9.90 Å². The number of carbonyl (C=O) groups is 1. The minimum Gasteiger partial charge on any atom is -0.506 e. The summed E-state index contributed by atoms with van der Waals surface area (Å²) in [7, 11) is 0. The third-order valence-electron chi connectivity index (χ3n) is 2.05. The number of ether oxygens (including phenoxy) is 1. The number of phenolic OH excluding ortho intramolecular Hbond substituents is 1. The van der Waals surface area contributed by atoms with E-state index in [1.807, 2.05) is 0 Å². The number of rotatable bonds is 5. The molecule has 1 amide bonds. The fourth-order valence-electron chi connectivity index (χ4n) is 1.10. The lowest BCUT2D eigenvalue weighted by Crippen LogP contribution is -2.28. The highest BCUT2D eigenvalue weighted by Crippen LogP contribution is 2.24. The molecule has 5 heteroatoms. The van der Waals surface area contributed by atoms with E-state index in [-0.39, 0.29) is 11.7 Å². The van der Waals surface area contributed by atoms with E-state index < -0.39 is 0 Å². The van der Waals surface area contributed by atoms with Crippen LogP contribution in [-0.4, -0.2) is 24.2 Å². The summed E-state index contributed by atoms with van der Waals surface area (Å²) in [6.45, 7) is 5.83. The zero-order valence-corrected chi connectivity index (χ0v) is 9.69. The van der Waals surface area contributed by atoms with Gasteiger partial charge in [-0.2, -0.15) is 0 Å². The number of hydrogen-bond acceptors (Lipinski definition) is 4. The fourth-order valence-corrected chi connectivity index (χ4v) is 1.10. The number of hydrogen-bond donors (Lipinski definition) is 3. The van der Waals surface area contributed by atoms with Gasteiger partial charge in [0.2, 0.25) is 5.91 Å². The van der Waals surface area contributed by atoms with Crippen molar-refractivity contribution >= 4 is 11.6 Å². The van der Waals surface area contributed by atoms with Gasteiger partial charge in [-0.15, -0.1) is 0 Å². The van der Waals surface area contributed by atoms with Gasteiger partial charge in [0.25, 0.3) is 0 Å². The normalized spacial score (nSPS) is 9.71. The lowest BCUT2D eigenvalue weighted by molar-refractivity contribution is -0.117. The quantitative estimate of drug-likeness (QED) is 0.309. The molecule has 4 N–H and O–H groups in total. The van der Waals surface area contributed by atoms with Crippen molar-refractivity contribution in [3.05, 3.63) is 30.4 Å². The molecule has 0 unspecified atom stereocenters. The number of phenols is 1. The van der Waals surface area contributed by atoms with Gasteiger partial charge in [0, 0.05) is 11.6 Å². The molecule has 1 rings (SSSR count). The maximum Gasteiger partial charge on any atom is 0.246 e. The minimum absolute atomic E-state index is 0.0199. The smallest absolute Gasteiger partial charge is 0.246 e. The monoisotopic (exact) mass is 236 g/mol. The molecule has 0 saturated carbocycles. The van der Waals surface area contributed by atoms with Gasteiger partial charge in [-0.3, -0.25) is 4.79 Å². The molecular weight excluding hydrogens is 220 g/mol. The van der Waals surface area contributed by atoms with Crippen molar-refractivity contribution in [2.45, 2.75) is 6.92 Å². The summed E-state index contributed by atoms with van der Waals surface area (Å²) in [5, 5.41) is 12.0. The number of aromatic hydroxyl groups is 1. The summed E-state index contributed by atoms with van der Waals surface area (Å²) in [5.74, 6) is 0.281. The predicted octanol–water partition coefficient (Wildman–Crippen LogP) is 1.05. The Hall–Kier alpha value is -2.17. The van der Waals surface area contributed by atoms with Crippen LogP contribution < -0.4 is 15.8 Å². The van der Waals surface area contributed by atoms with Crippen molar-refractivity contribution in [1.29, 1.82) is 0 Å². The highest BCUT2D eigenvalue weighted by Gasteiger charge is 2.02. The zero-order valence-electron chi connectivity index (χ0n) is 9.69. The molecule has 0 fully saturated rings. The van der Waals surface area contributed by atoms with Crippen molar-refractivity contribution in [3.63, 3.8) is 0 Å². The Balaban J connectivity index is 2.34. The van der Waals surface area contributed by atoms with Crippen LogP contribution >= 0.6 is 0 Å². The van der Waals surface area contributed by atoms with E-state index >= 15 is 0 Å². The van der Waals surface area contributed by atoms with Crippen LogP contribution in [0.25, 0.3) is 0 Å². The Labute approximate surface area is 99.9 Å². The number of nitrogens with two attached hydrogens (primary N) is 1. The van der Waals surface area contributed by atoms with Gasteiger partial charge in [-0.05, 0) is 19.1 Å². The standard InChI is InChI=1S/C12H16N2O3/c1-8(2)12(16)14-5-6-17-9-3-4-10(13)11(15)7-9/h3-4,7,15H,1,5-6,13H2,2H3,(H,14,16). The van der Waals surface area contributed by atoms with Crippen LogP contribution in [0.5, 0.6) is 11.5 Å². The molecular formula is C12H16N2O3. The van der Waals surface area contributed by atoms with Gasteiger partial charge in [-0.1, -0.05) is 6.58 Å². The molecule has 1 aromatic rings. The Kier molecular flexibility index (Phi) is 4.39. The van der Waals surface area contributed by atoms with E-state index in [0.717, 1.165) is 0 Å². The third kappa shape index (κ3) is 4.06. The van der Waals surface area contributed by atoms with Crippen molar-refractivity contribution in [2.75, 3.05) is 18.9 Å². The number of nitrogen functional groups attached to an aromatic ring is 1. The van der Waals surface area contributed by atoms with Crippen molar-refractivity contribution in [3.8, 4) is 11.5 Å². The molecule has 17 heavy (non-hydrogen) atoms. The maximum absolute atomic E-state index is 11.1. The fraction of sp³-hybridized carbons (Fsp3) is 0.250. The second-order valence-electron chi connectivity index (χ2n) is 3.61. The second kappa shape index (κ2) is 5.79. The van der Waals surface area contributed by atoms with Crippen LogP contribution in [0.1, 0.15) is 6.92 Å². The van der Waals surface area contributed by atoms with Crippen molar-refractivity contribution in [2.24, 2.45) is 0 Å². The van der Waals surface area contributed by atoms with E-state index in [1.165, 1.54) is 6.07 Å². The SMILES string of the molecule is C=C(C)C(=O)NCCOc1ccc(N)c(O)c1. The Morgan fingerprint density at radius 1 is 1.59 bits per heavy atom. The molecule has 0 aliphatic carbocycles. The maximum atomic E-state index is 11.1. The third-order valence-corrected chi connectivity index (χ3v) is 2.05. The molecule has 5 nitrogen and oxygen atoms in total. The topological polar surface area (TPSA) is 84.6 Å². The number of nitrogens with one attached hydrogen (secondary N) is 1. The van der Waals surface area contributed by atoms with E-state index in [1.54, 1.807) is 19.1 Å². The first-order valence-electron chi connectivity index (χ1n) is 5.15. The van der Waals surface area contributed by atoms with Crippen LogP contribution in [0.4, 0.5) is 5.69 Å². The molecule has 0 bridgehead atoms. The Bertz CT molecular complexity index is 430. The number of carbonyl (C=O) groups excluding carboxylic acids is 1. The zero-order chi connectivity index (χ0) is 12.8. The second-order valence-corrected chi connectivity index (χ2v) is 3.61. The van der Waals surface area contributed by atoms with Crippen LogP contribution in [0, 0.1) is 0 Å². The van der Waals surface area contributed by atoms with Gasteiger partial charge in [0.05, 0.1) is 12.2 Å². The van der Waals surface area contributed by atoms with Gasteiger partial charge >= 0.3 is 0 Å². The molecule has 0 aromatic heterocycles. The van der Waals surface area contributed by atoms with E-state index in [0.29, 0.717) is 30.2 Å². The van der Waals surface area contributed by atoms with Gasteiger partial charge in [0.15, 0.2) is 0 Å². The Morgan fingerprint density at radius 3 is 2.88 bits per heavy atom. The first kappa shape index (κ1) is 12.9. The average Bonchev–Trinajstić information content (AvgIpc) is 2.28. The molecule has 0 saturated heterocycles. The first-order chi connectivity index (χ1) is 8.00. The molecule has 0 aliphatic heterocycles. The summed E-state index contributed by atoms with van der Waals surface area (Å²) in [4.78, 5) is 11.1. The van der Waals surface area contributed by atoms with E-state index in [4.69, 9.17) is 10.5 Å². The van der Waals surface area contributed by atoms with Gasteiger partial charge in [-0.25, -0.2) is 0 Å². The number of anilines is 1. The van der Waals surface area contributed by atoms with Crippen molar-refractivity contribution < 1.29 is 14.6 Å². The van der Waals surface area contributed by atoms with Crippen LogP contribution in [0.3, 0.4) is 0 Å². The minimum atomic E-state index is -0.200. The molecule has 0 spiro atoms. The molecule has 1 aromatic carbocycles. The average molecular weight is 236 g/mol. The lowest BCUT2D eigenvalue weighted by Gasteiger charge is -2.08. The largest absolute Gasteiger partial charge is 0.506 e. The molecule has 0 heterocycles. The first-order valence-corrected chi connectivity index (χ1v) is 5.15. The van der Waals surface area contributed by atoms with Gasteiger partial charge < -0.3 is 20.9 Å². The molecule has 0 radical (unpaired) electrons. The summed E-state index contributed by atoms with van der Waals surface area (Å²) < 4.78 is 5.31. The molecule has 92 valence electrons. The van der Waals surface area contributed by atoms with Crippen LogP contribution in [0.2, 0.25) is 0 Å². The summed E-state index contributed by atoms with van der Waals surface area (Å²) in [6.07, 6.45) is 0. The van der Waals surface area contributed by atoms with Crippen LogP contribution in [-0.2, 0) is 4.79 Å². The van der Waals surface area contributed by atoms with Gasteiger partial charge in [0.1, 0.15) is 18.1 Å². The number of amides is 1. The Morgan fingerprint density at radius 2 is 2.29 bits per heavy atom. The summed E-state index contributed by atoms with van der Waals surface area (Å²) >= 11 is 0. The summed E-state index contributed by atoms with van der Waals surface area (Å²) in [6, 6.07) is 4.63. The van der Waals surface area contributed by atoms with Crippen molar-refractivity contribution in [1.82, 2.24) is 5.32 Å². The summed E-state index contributed by atoms with van der Waals surface area (Å²) in [5.41, 5.74) is 6.20.